The van der Waals surface area contributed by atoms with E-state index in [1.54, 1.807) is 0 Å². The second-order valence-corrected chi connectivity index (χ2v) is 4.85. The Kier molecular flexibility index (Phi) is 2.67. The lowest BCUT2D eigenvalue weighted by Crippen LogP contribution is -2.33. The minimum absolute atomic E-state index is 0.0130. The van der Waals surface area contributed by atoms with Crippen molar-refractivity contribution in [3.8, 4) is 0 Å². The molecular formula is C11H15O4. The summed E-state index contributed by atoms with van der Waals surface area (Å²) in [4.78, 5) is 21.0. The van der Waals surface area contributed by atoms with E-state index in [9.17, 15) is 9.59 Å². The number of rotatable bonds is 4. The Morgan fingerprint density at radius 3 is 2.93 bits per heavy atom. The highest BCUT2D eigenvalue weighted by atomic mass is 16.6. The van der Waals surface area contributed by atoms with Crippen molar-refractivity contribution in [2.24, 2.45) is 11.3 Å². The number of fused-ring (bicyclic) bond motifs is 2. The maximum Gasteiger partial charge on any atom is 0.418 e. The Balaban J connectivity index is 1.85. The summed E-state index contributed by atoms with van der Waals surface area (Å²) in [6.45, 7) is 3.07. The maximum absolute atomic E-state index is 11.3. The first-order valence-electron chi connectivity index (χ1n) is 5.32. The molecule has 4 nitrogen and oxygen atoms in total. The SMILES string of the molecule is CC12CCC(CC1OC(=O)CO[C]=O)C2. The van der Waals surface area contributed by atoms with E-state index in [4.69, 9.17) is 4.74 Å². The molecule has 1 radical (unpaired) electrons. The van der Waals surface area contributed by atoms with Gasteiger partial charge in [-0.05, 0) is 31.6 Å². The molecule has 0 aliphatic heterocycles. The lowest BCUT2D eigenvalue weighted by atomic mass is 9.84. The van der Waals surface area contributed by atoms with Crippen LogP contribution >= 0.6 is 0 Å². The third-order valence-electron chi connectivity index (χ3n) is 3.73. The van der Waals surface area contributed by atoms with E-state index in [1.165, 1.54) is 12.9 Å². The predicted molar refractivity (Wildman–Crippen MR) is 51.6 cm³/mol. The van der Waals surface area contributed by atoms with Crippen molar-refractivity contribution in [3.63, 3.8) is 0 Å². The van der Waals surface area contributed by atoms with Gasteiger partial charge >= 0.3 is 12.4 Å². The van der Waals surface area contributed by atoms with E-state index in [-0.39, 0.29) is 18.1 Å². The molecule has 4 heteroatoms. The molecule has 0 spiro atoms. The lowest BCUT2D eigenvalue weighted by Gasteiger charge is -2.30. The van der Waals surface area contributed by atoms with Gasteiger partial charge in [0.2, 0.25) is 0 Å². The second kappa shape index (κ2) is 3.83. The average molecular weight is 211 g/mol. The van der Waals surface area contributed by atoms with E-state index >= 15 is 0 Å². The summed E-state index contributed by atoms with van der Waals surface area (Å²) in [7, 11) is 0. The van der Waals surface area contributed by atoms with Crippen molar-refractivity contribution in [2.75, 3.05) is 6.61 Å². The summed E-state index contributed by atoms with van der Waals surface area (Å²) in [6.07, 6.45) is 4.52. The summed E-state index contributed by atoms with van der Waals surface area (Å²) < 4.78 is 9.55. The standard InChI is InChI=1S/C11H15O4/c1-11-3-2-8(5-11)4-9(11)15-10(13)6-14-7-12/h8-9H,2-6H2,1H3. The fourth-order valence-corrected chi connectivity index (χ4v) is 2.95. The van der Waals surface area contributed by atoms with Crippen molar-refractivity contribution >= 4 is 12.4 Å². The summed E-state index contributed by atoms with van der Waals surface area (Å²) in [5.41, 5.74) is 0.158. The molecule has 2 aliphatic rings. The zero-order valence-corrected chi connectivity index (χ0v) is 8.82. The fraction of sp³-hybridized carbons (Fsp3) is 0.818. The zero-order chi connectivity index (χ0) is 10.9. The molecule has 0 amide bonds. The van der Waals surface area contributed by atoms with Crippen LogP contribution < -0.4 is 0 Å². The van der Waals surface area contributed by atoms with Gasteiger partial charge in [-0.3, -0.25) is 0 Å². The van der Waals surface area contributed by atoms with E-state index in [2.05, 4.69) is 11.7 Å². The Hall–Kier alpha value is -1.06. The van der Waals surface area contributed by atoms with Gasteiger partial charge in [0.1, 0.15) is 6.10 Å². The fourth-order valence-electron chi connectivity index (χ4n) is 2.95. The number of ether oxygens (including phenoxy) is 2. The molecule has 2 fully saturated rings. The van der Waals surface area contributed by atoms with E-state index in [1.807, 2.05) is 0 Å². The molecule has 2 saturated carbocycles. The minimum atomic E-state index is -0.461. The van der Waals surface area contributed by atoms with Crippen LogP contribution in [0.5, 0.6) is 0 Å². The Morgan fingerprint density at radius 2 is 2.40 bits per heavy atom. The number of hydrogen-bond acceptors (Lipinski definition) is 4. The smallest absolute Gasteiger partial charge is 0.418 e. The van der Waals surface area contributed by atoms with Gasteiger partial charge in [0.15, 0.2) is 6.61 Å². The van der Waals surface area contributed by atoms with E-state index in [0.29, 0.717) is 5.92 Å². The van der Waals surface area contributed by atoms with Crippen LogP contribution in [0.2, 0.25) is 0 Å². The first-order chi connectivity index (χ1) is 7.14. The molecule has 2 rings (SSSR count). The quantitative estimate of drug-likeness (QED) is 0.655. The van der Waals surface area contributed by atoms with Crippen molar-refractivity contribution in [1.29, 1.82) is 0 Å². The Morgan fingerprint density at radius 1 is 1.60 bits per heavy atom. The van der Waals surface area contributed by atoms with Gasteiger partial charge in [-0.25, -0.2) is 9.59 Å². The summed E-state index contributed by atoms with van der Waals surface area (Å²) in [5, 5.41) is 0. The van der Waals surface area contributed by atoms with Gasteiger partial charge in [-0.1, -0.05) is 6.92 Å². The molecular weight excluding hydrogens is 196 g/mol. The van der Waals surface area contributed by atoms with Crippen molar-refractivity contribution < 1.29 is 19.1 Å². The normalized spacial score (nSPS) is 37.7. The van der Waals surface area contributed by atoms with Gasteiger partial charge in [-0.15, -0.1) is 0 Å². The average Bonchev–Trinajstić information content (AvgIpc) is 2.70. The first-order valence-corrected chi connectivity index (χ1v) is 5.32. The van der Waals surface area contributed by atoms with Crippen molar-refractivity contribution in [1.82, 2.24) is 0 Å². The number of carbonyl (C=O) groups excluding carboxylic acids is 2. The number of carbonyl (C=O) groups is 1. The van der Waals surface area contributed by atoms with Crippen LogP contribution in [0.1, 0.15) is 32.6 Å². The molecule has 2 bridgehead atoms. The molecule has 0 aromatic carbocycles. The molecule has 3 atom stereocenters. The summed E-state index contributed by atoms with van der Waals surface area (Å²) >= 11 is 0. The summed E-state index contributed by atoms with van der Waals surface area (Å²) in [5.74, 6) is 0.253. The topological polar surface area (TPSA) is 52.6 Å². The predicted octanol–water partition coefficient (Wildman–Crippen LogP) is 1.19. The van der Waals surface area contributed by atoms with Crippen LogP contribution in [0.15, 0.2) is 0 Å². The number of hydrogen-bond donors (Lipinski definition) is 0. The molecule has 0 aromatic heterocycles. The van der Waals surface area contributed by atoms with Crippen LogP contribution in [0.25, 0.3) is 0 Å². The molecule has 0 aromatic rings. The highest BCUT2D eigenvalue weighted by Crippen LogP contribution is 2.54. The molecule has 83 valence electrons. The van der Waals surface area contributed by atoms with E-state index in [0.717, 1.165) is 19.3 Å². The van der Waals surface area contributed by atoms with Gasteiger partial charge in [-0.2, -0.15) is 0 Å². The van der Waals surface area contributed by atoms with Gasteiger partial charge < -0.3 is 9.47 Å². The van der Waals surface area contributed by atoms with Gasteiger partial charge in [0.25, 0.3) is 0 Å². The maximum atomic E-state index is 11.3. The van der Waals surface area contributed by atoms with Crippen molar-refractivity contribution in [2.45, 2.75) is 38.7 Å². The van der Waals surface area contributed by atoms with Gasteiger partial charge in [0, 0.05) is 5.41 Å². The van der Waals surface area contributed by atoms with E-state index < -0.39 is 5.97 Å². The monoisotopic (exact) mass is 211 g/mol. The van der Waals surface area contributed by atoms with Crippen LogP contribution in [0.3, 0.4) is 0 Å². The highest BCUT2D eigenvalue weighted by molar-refractivity contribution is 5.72. The number of esters is 1. The first kappa shape index (κ1) is 10.5. The third kappa shape index (κ3) is 1.98. The molecule has 15 heavy (non-hydrogen) atoms. The second-order valence-electron chi connectivity index (χ2n) is 4.85. The minimum Gasteiger partial charge on any atom is -0.459 e. The molecule has 0 N–H and O–H groups in total. The van der Waals surface area contributed by atoms with Crippen LogP contribution in [0, 0.1) is 11.3 Å². The molecule has 0 heterocycles. The molecule has 0 saturated heterocycles. The zero-order valence-electron chi connectivity index (χ0n) is 8.82. The summed E-state index contributed by atoms with van der Waals surface area (Å²) in [6, 6.07) is 0. The van der Waals surface area contributed by atoms with Gasteiger partial charge in [0.05, 0.1) is 0 Å². The Bertz CT molecular complexity index is 276. The highest BCUT2D eigenvalue weighted by Gasteiger charge is 2.50. The largest absolute Gasteiger partial charge is 0.459 e. The third-order valence-corrected chi connectivity index (χ3v) is 3.73. The molecule has 2 aliphatic carbocycles. The van der Waals surface area contributed by atoms with Crippen LogP contribution in [-0.2, 0) is 19.1 Å². The van der Waals surface area contributed by atoms with Crippen molar-refractivity contribution in [3.05, 3.63) is 0 Å². The molecule has 3 unspecified atom stereocenters. The van der Waals surface area contributed by atoms with Crippen LogP contribution in [0.4, 0.5) is 0 Å². The lowest BCUT2D eigenvalue weighted by molar-refractivity contribution is -0.157. The van der Waals surface area contributed by atoms with Crippen LogP contribution in [-0.4, -0.2) is 25.2 Å². The Labute approximate surface area is 88.9 Å².